The number of carbonyl (C=O) groups excluding carboxylic acids is 1. The lowest BCUT2D eigenvalue weighted by Crippen LogP contribution is -2.44. The van der Waals surface area contributed by atoms with Crippen LogP contribution < -0.4 is 9.80 Å². The number of alkyl halides is 3. The number of benzene rings is 1. The minimum Gasteiger partial charge on any atom is -0.475 e. The maximum absolute atomic E-state index is 13.4. The number of aromatic nitrogens is 1. The zero-order chi connectivity index (χ0) is 26.3. The van der Waals surface area contributed by atoms with Crippen molar-refractivity contribution in [2.75, 3.05) is 49.6 Å². The quantitative estimate of drug-likeness (QED) is 0.616. The van der Waals surface area contributed by atoms with Gasteiger partial charge in [-0.05, 0) is 55.8 Å². The Kier molecular flexibility index (Phi) is 9.21. The lowest BCUT2D eigenvalue weighted by Gasteiger charge is -2.33. The number of carbonyl (C=O) groups is 2. The van der Waals surface area contributed by atoms with E-state index >= 15 is 0 Å². The van der Waals surface area contributed by atoms with Crippen molar-refractivity contribution in [3.05, 3.63) is 54.0 Å². The Labute approximate surface area is 206 Å². The van der Waals surface area contributed by atoms with E-state index in [9.17, 15) is 22.4 Å². The monoisotopic (exact) mass is 512 g/mol. The zero-order valence-electron chi connectivity index (χ0n) is 19.7. The fraction of sp³-hybridized carbons (Fsp3) is 0.458. The highest BCUT2D eigenvalue weighted by atomic mass is 19.4. The van der Waals surface area contributed by atoms with Crippen molar-refractivity contribution in [1.29, 1.82) is 0 Å². The van der Waals surface area contributed by atoms with E-state index in [-0.39, 0.29) is 11.7 Å². The van der Waals surface area contributed by atoms with Gasteiger partial charge < -0.3 is 24.5 Å². The lowest BCUT2D eigenvalue weighted by atomic mass is 10.1. The van der Waals surface area contributed by atoms with Crippen LogP contribution in [0, 0.1) is 5.82 Å². The average molecular weight is 513 g/mol. The second-order valence-electron chi connectivity index (χ2n) is 8.52. The molecule has 8 nitrogen and oxygen atoms in total. The van der Waals surface area contributed by atoms with Gasteiger partial charge in [0.25, 0.3) is 5.91 Å². The number of aliphatic carboxylic acids is 1. The zero-order valence-corrected chi connectivity index (χ0v) is 19.7. The summed E-state index contributed by atoms with van der Waals surface area (Å²) in [5, 5.41) is 7.12. The number of piperazine rings is 1. The molecule has 0 aliphatic carbocycles. The van der Waals surface area contributed by atoms with Gasteiger partial charge in [0.2, 0.25) is 0 Å². The van der Waals surface area contributed by atoms with Gasteiger partial charge in [-0.2, -0.15) is 13.2 Å². The van der Waals surface area contributed by atoms with Crippen molar-refractivity contribution < 1.29 is 37.0 Å². The van der Waals surface area contributed by atoms with Gasteiger partial charge in [-0.1, -0.05) is 6.07 Å². The van der Waals surface area contributed by atoms with E-state index in [0.717, 1.165) is 50.4 Å². The summed E-state index contributed by atoms with van der Waals surface area (Å²) in [4.78, 5) is 32.8. The standard InChI is InChI=1S/C22H27FN4O2.C2HF3O2/c1-25-10-12-26(13-11-25)21-9-4-17(15-24-21)16-27(19-7-5-18(23)6-8-19)22(28)20-3-2-14-29-20;3-2(4,5)1(6)7/h4-9,15,20H,2-3,10-14,16H2,1H3;(H,6,7). The second kappa shape index (κ2) is 12.1. The van der Waals surface area contributed by atoms with E-state index in [1.165, 1.54) is 12.1 Å². The first-order valence-corrected chi connectivity index (χ1v) is 11.4. The van der Waals surface area contributed by atoms with E-state index in [1.54, 1.807) is 17.0 Å². The predicted octanol–water partition coefficient (Wildman–Crippen LogP) is 3.32. The third-order valence-electron chi connectivity index (χ3n) is 5.83. The molecule has 1 N–H and O–H groups in total. The van der Waals surface area contributed by atoms with Gasteiger partial charge in [-0.15, -0.1) is 0 Å². The summed E-state index contributed by atoms with van der Waals surface area (Å²) < 4.78 is 50.7. The molecule has 1 aromatic carbocycles. The number of anilines is 2. The number of rotatable bonds is 5. The van der Waals surface area contributed by atoms with Crippen LogP contribution in [-0.4, -0.2) is 79.0 Å². The number of amides is 1. The number of ether oxygens (including phenoxy) is 1. The Bertz CT molecular complexity index is 1000. The Morgan fingerprint density at radius 1 is 1.11 bits per heavy atom. The molecular formula is C24H28F4N4O4. The number of hydrogen-bond acceptors (Lipinski definition) is 6. The van der Waals surface area contributed by atoms with Gasteiger partial charge >= 0.3 is 12.1 Å². The SMILES string of the molecule is CN1CCN(c2ccc(CN(C(=O)C3CCCO3)c3ccc(F)cc3)cn2)CC1.O=C(O)C(F)(F)F. The third kappa shape index (κ3) is 7.62. The highest BCUT2D eigenvalue weighted by molar-refractivity contribution is 5.96. The Morgan fingerprint density at radius 3 is 2.25 bits per heavy atom. The van der Waals surface area contributed by atoms with Crippen LogP contribution in [0.1, 0.15) is 18.4 Å². The molecule has 1 aromatic heterocycles. The maximum atomic E-state index is 13.4. The van der Waals surface area contributed by atoms with Gasteiger partial charge in [0.05, 0.1) is 6.54 Å². The first-order valence-electron chi connectivity index (χ1n) is 11.4. The van der Waals surface area contributed by atoms with Gasteiger partial charge in [-0.25, -0.2) is 14.2 Å². The molecule has 0 saturated carbocycles. The fourth-order valence-electron chi connectivity index (χ4n) is 3.78. The van der Waals surface area contributed by atoms with Crippen LogP contribution in [-0.2, 0) is 20.9 Å². The molecule has 1 unspecified atom stereocenters. The molecule has 2 aliphatic heterocycles. The van der Waals surface area contributed by atoms with Crippen LogP contribution in [0.25, 0.3) is 0 Å². The molecule has 0 radical (unpaired) electrons. The number of likely N-dealkylation sites (N-methyl/N-ethyl adjacent to an activating group) is 1. The molecule has 12 heteroatoms. The third-order valence-corrected chi connectivity index (χ3v) is 5.83. The van der Waals surface area contributed by atoms with Crippen molar-refractivity contribution in [3.8, 4) is 0 Å². The molecule has 36 heavy (non-hydrogen) atoms. The van der Waals surface area contributed by atoms with Gasteiger partial charge in [0.1, 0.15) is 17.7 Å². The summed E-state index contributed by atoms with van der Waals surface area (Å²) in [6.45, 7) is 4.95. The van der Waals surface area contributed by atoms with Crippen molar-refractivity contribution in [2.45, 2.75) is 31.7 Å². The molecule has 2 aromatic rings. The van der Waals surface area contributed by atoms with Crippen molar-refractivity contribution in [1.82, 2.24) is 9.88 Å². The summed E-state index contributed by atoms with van der Waals surface area (Å²) in [5.74, 6) is -2.21. The van der Waals surface area contributed by atoms with E-state index in [0.29, 0.717) is 18.8 Å². The first-order chi connectivity index (χ1) is 17.0. The summed E-state index contributed by atoms with van der Waals surface area (Å²) in [6, 6.07) is 10.0. The molecule has 1 atom stereocenters. The molecule has 0 bridgehead atoms. The van der Waals surface area contributed by atoms with Crippen molar-refractivity contribution in [3.63, 3.8) is 0 Å². The van der Waals surface area contributed by atoms with Gasteiger partial charge in [0.15, 0.2) is 0 Å². The molecule has 0 spiro atoms. The molecule has 4 rings (SSSR count). The highest BCUT2D eigenvalue weighted by Crippen LogP contribution is 2.24. The van der Waals surface area contributed by atoms with Crippen LogP contribution in [0.4, 0.5) is 29.1 Å². The van der Waals surface area contributed by atoms with E-state index in [2.05, 4.69) is 21.8 Å². The number of pyridine rings is 1. The maximum Gasteiger partial charge on any atom is 0.490 e. The molecule has 1 amide bonds. The van der Waals surface area contributed by atoms with Crippen LogP contribution in [0.2, 0.25) is 0 Å². The molecule has 2 saturated heterocycles. The first kappa shape index (κ1) is 27.3. The Hall–Kier alpha value is -3.25. The Morgan fingerprint density at radius 2 is 1.75 bits per heavy atom. The minimum atomic E-state index is -5.08. The van der Waals surface area contributed by atoms with Crippen LogP contribution >= 0.6 is 0 Å². The van der Waals surface area contributed by atoms with Crippen LogP contribution in [0.5, 0.6) is 0 Å². The molecule has 196 valence electrons. The van der Waals surface area contributed by atoms with Gasteiger partial charge in [0, 0.05) is 44.7 Å². The highest BCUT2D eigenvalue weighted by Gasteiger charge is 2.38. The molecule has 2 fully saturated rings. The topological polar surface area (TPSA) is 86.2 Å². The number of carboxylic acid groups (broad SMARTS) is 1. The summed E-state index contributed by atoms with van der Waals surface area (Å²) in [5.41, 5.74) is 1.59. The van der Waals surface area contributed by atoms with E-state index < -0.39 is 18.2 Å². The van der Waals surface area contributed by atoms with Crippen LogP contribution in [0.15, 0.2) is 42.6 Å². The predicted molar refractivity (Wildman–Crippen MR) is 124 cm³/mol. The normalized spacial score (nSPS) is 18.4. The van der Waals surface area contributed by atoms with E-state index in [4.69, 9.17) is 14.6 Å². The van der Waals surface area contributed by atoms with Gasteiger partial charge in [-0.3, -0.25) is 4.79 Å². The van der Waals surface area contributed by atoms with Crippen molar-refractivity contribution in [2.24, 2.45) is 0 Å². The largest absolute Gasteiger partial charge is 0.490 e. The number of halogens is 4. The fourth-order valence-corrected chi connectivity index (χ4v) is 3.78. The molecule has 2 aliphatic rings. The summed E-state index contributed by atoms with van der Waals surface area (Å²) in [6.07, 6.45) is -2.09. The lowest BCUT2D eigenvalue weighted by molar-refractivity contribution is -0.192. The smallest absolute Gasteiger partial charge is 0.475 e. The second-order valence-corrected chi connectivity index (χ2v) is 8.52. The number of carboxylic acids is 1. The van der Waals surface area contributed by atoms with Crippen molar-refractivity contribution >= 4 is 23.4 Å². The van der Waals surface area contributed by atoms with Crippen LogP contribution in [0.3, 0.4) is 0 Å². The minimum absolute atomic E-state index is 0.0859. The Balaban J connectivity index is 0.000000454. The average Bonchev–Trinajstić information content (AvgIpc) is 3.39. The molecular weight excluding hydrogens is 484 g/mol. The van der Waals surface area contributed by atoms with E-state index in [1.807, 2.05) is 18.3 Å². The molecule has 3 heterocycles. The number of hydrogen-bond donors (Lipinski definition) is 1. The number of nitrogens with zero attached hydrogens (tertiary/aromatic N) is 4. The summed E-state index contributed by atoms with van der Waals surface area (Å²) in [7, 11) is 2.13. The summed E-state index contributed by atoms with van der Waals surface area (Å²) >= 11 is 0.